The van der Waals surface area contributed by atoms with Crippen molar-refractivity contribution < 1.29 is 33.6 Å². The Balaban J connectivity index is 1.78. The smallest absolute Gasteiger partial charge is 0.497 e. The number of amides is 2. The molecule has 39 heavy (non-hydrogen) atoms. The van der Waals surface area contributed by atoms with Gasteiger partial charge in [-0.25, -0.2) is 4.98 Å². The molecule has 0 spiro atoms. The molecule has 0 aliphatic carbocycles. The van der Waals surface area contributed by atoms with Crippen LogP contribution in [0, 0.1) is 5.92 Å². The minimum absolute atomic E-state index is 0.0164. The second-order valence-electron chi connectivity index (χ2n) is 10.1. The molecule has 1 fully saturated rings. The summed E-state index contributed by atoms with van der Waals surface area (Å²) in [6, 6.07) is 12.2. The lowest BCUT2D eigenvalue weighted by molar-refractivity contribution is -0.150. The minimum atomic E-state index is -1.37. The van der Waals surface area contributed by atoms with Gasteiger partial charge in [0.2, 0.25) is 5.91 Å². The number of likely N-dealkylation sites (N-methyl/N-ethyl adjacent to an activating group) is 1. The van der Waals surface area contributed by atoms with Gasteiger partial charge in [0.15, 0.2) is 0 Å². The highest BCUT2D eigenvalue weighted by molar-refractivity contribution is 6.51. The Bertz CT molecular complexity index is 1180. The molecule has 1 aliphatic heterocycles. The van der Waals surface area contributed by atoms with Gasteiger partial charge in [0.1, 0.15) is 17.8 Å². The van der Waals surface area contributed by atoms with Crippen LogP contribution < -0.4 is 10.6 Å². The Kier molecular flexibility index (Phi) is 10.2. The predicted molar refractivity (Wildman–Crippen MR) is 144 cm³/mol. The summed E-state index contributed by atoms with van der Waals surface area (Å²) in [6.45, 7) is 6.62. The second-order valence-corrected chi connectivity index (χ2v) is 10.1. The number of aliphatic hydroxyl groups is 1. The number of nitrogens with zero attached hydrogens (tertiary/aromatic N) is 2. The summed E-state index contributed by atoms with van der Waals surface area (Å²) >= 11 is 0. The monoisotopic (exact) mass is 538 g/mol. The van der Waals surface area contributed by atoms with Crippen molar-refractivity contribution in [1.82, 2.24) is 20.5 Å². The first-order valence-corrected chi connectivity index (χ1v) is 12.9. The molecule has 3 N–H and O–H groups in total. The maximum Gasteiger partial charge on any atom is 0.622 e. The van der Waals surface area contributed by atoms with E-state index in [-0.39, 0.29) is 18.2 Å². The number of benzene rings is 1. The van der Waals surface area contributed by atoms with Crippen molar-refractivity contribution in [3.05, 3.63) is 54.2 Å². The first-order chi connectivity index (χ1) is 18.5. The summed E-state index contributed by atoms with van der Waals surface area (Å²) in [4.78, 5) is 57.2. The molecule has 0 bridgehead atoms. The molecule has 3 rings (SSSR count). The third kappa shape index (κ3) is 8.11. The predicted octanol–water partition coefficient (Wildman–Crippen LogP) is 1.21. The number of hydrogen-bond donors (Lipinski definition) is 3. The Hall–Kier alpha value is -3.77. The summed E-state index contributed by atoms with van der Waals surface area (Å²) in [5, 5.41) is 15.6. The molecule has 0 saturated carbocycles. The zero-order chi connectivity index (χ0) is 28.7. The maximum atomic E-state index is 13.3. The van der Waals surface area contributed by atoms with Crippen molar-refractivity contribution in [2.24, 2.45) is 5.92 Å². The van der Waals surface area contributed by atoms with Crippen LogP contribution in [0.25, 0.3) is 11.3 Å². The highest BCUT2D eigenvalue weighted by Crippen LogP contribution is 2.17. The molecule has 2 amide bonds. The van der Waals surface area contributed by atoms with Crippen molar-refractivity contribution >= 4 is 30.9 Å². The van der Waals surface area contributed by atoms with Crippen LogP contribution in [0.5, 0.6) is 0 Å². The van der Waals surface area contributed by atoms with Crippen molar-refractivity contribution in [1.29, 1.82) is 0 Å². The molecule has 1 aromatic heterocycles. The first-order valence-electron chi connectivity index (χ1n) is 12.9. The van der Waals surface area contributed by atoms with Gasteiger partial charge in [-0.3, -0.25) is 24.1 Å². The van der Waals surface area contributed by atoms with E-state index < -0.39 is 55.0 Å². The number of nitrogens with one attached hydrogen (secondary N) is 2. The molecule has 208 valence electrons. The van der Waals surface area contributed by atoms with Gasteiger partial charge in [0, 0.05) is 5.56 Å². The molecule has 4 atom stereocenters. The van der Waals surface area contributed by atoms with Crippen LogP contribution in [-0.2, 0) is 23.7 Å². The van der Waals surface area contributed by atoms with Crippen LogP contribution in [0.15, 0.2) is 48.5 Å². The third-order valence-electron chi connectivity index (χ3n) is 6.34. The summed E-state index contributed by atoms with van der Waals surface area (Å²) in [7, 11) is 0.225. The van der Waals surface area contributed by atoms with Crippen LogP contribution >= 0.6 is 0 Å². The van der Waals surface area contributed by atoms with E-state index in [0.29, 0.717) is 12.1 Å². The van der Waals surface area contributed by atoms with E-state index in [2.05, 4.69) is 15.6 Å². The number of pyridine rings is 1. The van der Waals surface area contributed by atoms with Gasteiger partial charge in [0.25, 0.3) is 5.91 Å². The van der Waals surface area contributed by atoms with Gasteiger partial charge in [-0.05, 0) is 45.4 Å². The van der Waals surface area contributed by atoms with E-state index >= 15 is 0 Å². The average molecular weight is 538 g/mol. The van der Waals surface area contributed by atoms with Crippen molar-refractivity contribution in [2.75, 3.05) is 13.6 Å². The number of carbonyl (C=O) groups is 4. The molecule has 2 heterocycles. The Morgan fingerprint density at radius 3 is 2.41 bits per heavy atom. The largest absolute Gasteiger partial charge is 0.622 e. The zero-order valence-corrected chi connectivity index (χ0v) is 22.8. The van der Waals surface area contributed by atoms with Crippen molar-refractivity contribution in [3.8, 4) is 11.3 Å². The fraction of sp³-hybridized carbons (Fsp3) is 0.444. The topological polar surface area (TPSA) is 147 Å². The molecule has 1 saturated heterocycles. The second kappa shape index (κ2) is 13.3. The highest BCUT2D eigenvalue weighted by Gasteiger charge is 2.43. The van der Waals surface area contributed by atoms with Crippen LogP contribution in [0.1, 0.15) is 44.6 Å². The number of aliphatic hydroxyl groups excluding tert-OH is 1. The normalized spacial score (nSPS) is 18.7. The average Bonchev–Trinajstić information content (AvgIpc) is 2.89. The number of hydrogen-bond acceptors (Lipinski definition) is 9. The summed E-state index contributed by atoms with van der Waals surface area (Å²) in [6.07, 6.45) is -0.982. The lowest BCUT2D eigenvalue weighted by Gasteiger charge is -2.32. The van der Waals surface area contributed by atoms with Crippen molar-refractivity contribution in [3.63, 3.8) is 0 Å². The first kappa shape index (κ1) is 29.8. The zero-order valence-electron chi connectivity index (χ0n) is 22.8. The Labute approximate surface area is 228 Å². The van der Waals surface area contributed by atoms with Crippen molar-refractivity contribution in [2.45, 2.75) is 58.2 Å². The number of aromatic nitrogens is 1. The molecule has 0 unspecified atom stereocenters. The standard InChI is InChI=1S/C27H35BN4O7/c1-16(2)14-22(28-38-23(34)15-32(5)17(3)27(37)39-28)30-26(36)24(18(4)33)31-25(35)21-13-9-12-20(29-21)19-10-7-6-8-11-19/h6-13,16-18,22,24,33H,14-15H2,1-5H3,(H,30,36)(H,31,35)/t17-,18-,22+,24+/m1/s1. The summed E-state index contributed by atoms with van der Waals surface area (Å²) in [5.41, 5.74) is 1.46. The summed E-state index contributed by atoms with van der Waals surface area (Å²) in [5.74, 6) is -3.52. The lowest BCUT2D eigenvalue weighted by Crippen LogP contribution is -2.60. The van der Waals surface area contributed by atoms with Crippen LogP contribution in [0.3, 0.4) is 0 Å². The molecule has 1 aliphatic rings. The lowest BCUT2D eigenvalue weighted by atomic mass is 9.73. The highest BCUT2D eigenvalue weighted by atomic mass is 16.6. The van der Waals surface area contributed by atoms with Gasteiger partial charge in [-0.1, -0.05) is 50.2 Å². The number of rotatable bonds is 9. The Morgan fingerprint density at radius 1 is 1.08 bits per heavy atom. The fourth-order valence-corrected chi connectivity index (χ4v) is 4.06. The van der Waals surface area contributed by atoms with E-state index in [0.717, 1.165) is 5.56 Å². The van der Waals surface area contributed by atoms with Crippen LogP contribution in [0.2, 0.25) is 0 Å². The van der Waals surface area contributed by atoms with E-state index in [4.69, 9.17) is 9.31 Å². The molecule has 2 aromatic rings. The third-order valence-corrected chi connectivity index (χ3v) is 6.34. The molecule has 11 nitrogen and oxygen atoms in total. The molecular formula is C27H35BN4O7. The molecule has 12 heteroatoms. The van der Waals surface area contributed by atoms with Crippen LogP contribution in [0.4, 0.5) is 0 Å². The molecule has 0 radical (unpaired) electrons. The van der Waals surface area contributed by atoms with Gasteiger partial charge < -0.3 is 25.0 Å². The van der Waals surface area contributed by atoms with E-state index in [9.17, 15) is 24.3 Å². The van der Waals surface area contributed by atoms with Gasteiger partial charge in [-0.2, -0.15) is 0 Å². The Morgan fingerprint density at radius 2 is 1.77 bits per heavy atom. The van der Waals surface area contributed by atoms with Gasteiger partial charge >= 0.3 is 19.1 Å². The van der Waals surface area contributed by atoms with E-state index in [1.165, 1.54) is 17.9 Å². The molecular weight excluding hydrogens is 503 g/mol. The van der Waals surface area contributed by atoms with Gasteiger partial charge in [-0.15, -0.1) is 0 Å². The molecule has 1 aromatic carbocycles. The van der Waals surface area contributed by atoms with Crippen LogP contribution in [-0.4, -0.2) is 83.6 Å². The van der Waals surface area contributed by atoms with Gasteiger partial charge in [0.05, 0.1) is 24.3 Å². The SMILES string of the molecule is CC(C)C[C@H](NC(=O)[C@@H](NC(=O)c1cccc(-c2ccccc2)n1)[C@@H](C)O)B1OC(=O)CN(C)[C@H](C)C(=O)O1. The maximum absolute atomic E-state index is 13.3. The minimum Gasteiger partial charge on any atom is -0.497 e. The fourth-order valence-electron chi connectivity index (χ4n) is 4.06. The summed E-state index contributed by atoms with van der Waals surface area (Å²) < 4.78 is 10.8. The number of carbonyl (C=O) groups excluding carboxylic acids is 4. The van der Waals surface area contributed by atoms with E-state index in [1.54, 1.807) is 26.1 Å². The van der Waals surface area contributed by atoms with E-state index in [1.807, 2.05) is 44.2 Å². The quantitative estimate of drug-likeness (QED) is 0.401.